The molecule has 1 saturated heterocycles. The Morgan fingerprint density at radius 1 is 1.22 bits per heavy atom. The van der Waals surface area contributed by atoms with E-state index in [1.807, 2.05) is 36.3 Å². The molecule has 0 saturated carbocycles. The fourth-order valence-electron chi connectivity index (χ4n) is 3.22. The molecule has 140 valence electrons. The molecule has 0 aliphatic carbocycles. The summed E-state index contributed by atoms with van der Waals surface area (Å²) >= 11 is 0. The zero-order chi connectivity index (χ0) is 19.0. The molecule has 27 heavy (non-hydrogen) atoms. The van der Waals surface area contributed by atoms with Gasteiger partial charge in [0, 0.05) is 62.1 Å². The molecule has 4 heterocycles. The zero-order valence-corrected chi connectivity index (χ0v) is 15.8. The van der Waals surface area contributed by atoms with Crippen LogP contribution in [0.2, 0.25) is 0 Å². The Bertz CT molecular complexity index is 983. The van der Waals surface area contributed by atoms with Crippen molar-refractivity contribution in [3.63, 3.8) is 0 Å². The van der Waals surface area contributed by atoms with Crippen LogP contribution in [-0.4, -0.2) is 68.3 Å². The normalized spacial score (nSPS) is 18.0. The van der Waals surface area contributed by atoms with Crippen molar-refractivity contribution >= 4 is 22.8 Å². The Morgan fingerprint density at radius 2 is 2.07 bits per heavy atom. The smallest absolute Gasteiger partial charge is 0.322 e. The van der Waals surface area contributed by atoms with Crippen LogP contribution in [-0.2, 0) is 7.05 Å². The lowest BCUT2D eigenvalue weighted by Gasteiger charge is -2.37. The number of likely N-dealkylation sites (N-methyl/N-ethyl adjacent to an activating group) is 1. The number of hydrogen-bond acceptors (Lipinski definition) is 5. The second-order valence-electron chi connectivity index (χ2n) is 7.07. The van der Waals surface area contributed by atoms with Crippen LogP contribution in [0.3, 0.4) is 0 Å². The molecule has 0 aromatic carbocycles. The number of rotatable bonds is 2. The first-order chi connectivity index (χ1) is 13.0. The number of piperazine rings is 1. The van der Waals surface area contributed by atoms with Crippen LogP contribution < -0.4 is 5.32 Å². The summed E-state index contributed by atoms with van der Waals surface area (Å²) in [5.41, 5.74) is 2.58. The van der Waals surface area contributed by atoms with E-state index in [1.54, 1.807) is 17.1 Å². The monoisotopic (exact) mass is 365 g/mol. The van der Waals surface area contributed by atoms with Gasteiger partial charge in [-0.25, -0.2) is 14.8 Å². The van der Waals surface area contributed by atoms with Crippen LogP contribution in [0.25, 0.3) is 22.2 Å². The summed E-state index contributed by atoms with van der Waals surface area (Å²) < 4.78 is 1.75. The van der Waals surface area contributed by atoms with Crippen molar-refractivity contribution in [3.05, 3.63) is 36.8 Å². The molecule has 0 bridgehead atoms. The highest BCUT2D eigenvalue weighted by Crippen LogP contribution is 2.22. The number of urea groups is 1. The summed E-state index contributed by atoms with van der Waals surface area (Å²) in [4.78, 5) is 25.7. The quantitative estimate of drug-likeness (QED) is 0.753. The minimum atomic E-state index is -0.120. The molecule has 1 aliphatic rings. The fourth-order valence-corrected chi connectivity index (χ4v) is 3.22. The number of anilines is 1. The molecule has 0 spiro atoms. The molecular formula is C19H23N7O. The highest BCUT2D eigenvalue weighted by Gasteiger charge is 2.24. The van der Waals surface area contributed by atoms with Crippen molar-refractivity contribution in [2.24, 2.45) is 7.05 Å². The van der Waals surface area contributed by atoms with Crippen molar-refractivity contribution in [2.45, 2.75) is 13.0 Å². The van der Waals surface area contributed by atoms with E-state index in [0.717, 1.165) is 28.7 Å². The summed E-state index contributed by atoms with van der Waals surface area (Å²) in [6, 6.07) is 5.96. The standard InChI is InChI=1S/C19H23N7O/c1-13-11-26(7-6-24(13)2)19(27)23-18-8-17-14(9-20-18)4-5-16(22-17)15-10-21-25(3)12-15/h4-5,8-10,12-13H,6-7,11H2,1-3H3,(H,20,23,27)/t13-/m1/s1. The molecule has 1 aliphatic heterocycles. The zero-order valence-electron chi connectivity index (χ0n) is 15.8. The largest absolute Gasteiger partial charge is 0.323 e. The van der Waals surface area contributed by atoms with Gasteiger partial charge >= 0.3 is 6.03 Å². The molecule has 3 aromatic heterocycles. The predicted octanol–water partition coefficient (Wildman–Crippen LogP) is 2.20. The van der Waals surface area contributed by atoms with E-state index >= 15 is 0 Å². The van der Waals surface area contributed by atoms with Crippen molar-refractivity contribution in [3.8, 4) is 11.3 Å². The molecule has 8 heteroatoms. The second-order valence-corrected chi connectivity index (χ2v) is 7.07. The van der Waals surface area contributed by atoms with Crippen molar-refractivity contribution in [1.29, 1.82) is 0 Å². The molecule has 8 nitrogen and oxygen atoms in total. The molecule has 1 fully saturated rings. The minimum absolute atomic E-state index is 0.120. The number of carbonyl (C=O) groups is 1. The Labute approximate surface area is 157 Å². The second kappa shape index (κ2) is 6.96. The van der Waals surface area contributed by atoms with Gasteiger partial charge in [0.1, 0.15) is 5.82 Å². The Kier molecular flexibility index (Phi) is 4.49. The molecule has 1 N–H and O–H groups in total. The Balaban J connectivity index is 1.54. The van der Waals surface area contributed by atoms with Gasteiger partial charge in [0.05, 0.1) is 17.4 Å². The van der Waals surface area contributed by atoms with Crippen LogP contribution in [0.5, 0.6) is 0 Å². The number of aryl methyl sites for hydroxylation is 1. The van der Waals surface area contributed by atoms with E-state index in [-0.39, 0.29) is 6.03 Å². The van der Waals surface area contributed by atoms with E-state index in [2.05, 4.69) is 34.3 Å². The van der Waals surface area contributed by atoms with Gasteiger partial charge in [0.2, 0.25) is 0 Å². The Hall–Kier alpha value is -3.00. The number of pyridine rings is 2. The average Bonchev–Trinajstić information content (AvgIpc) is 3.09. The SMILES string of the molecule is C[C@@H]1CN(C(=O)Nc2cc3nc(-c4cnn(C)c4)ccc3cn2)CCN1C. The van der Waals surface area contributed by atoms with Crippen LogP contribution in [0.15, 0.2) is 36.8 Å². The van der Waals surface area contributed by atoms with Crippen molar-refractivity contribution in [2.75, 3.05) is 32.0 Å². The molecule has 2 amide bonds. The fraction of sp³-hybridized carbons (Fsp3) is 0.368. The first-order valence-electron chi connectivity index (χ1n) is 9.01. The van der Waals surface area contributed by atoms with Crippen LogP contribution in [0, 0.1) is 0 Å². The predicted molar refractivity (Wildman–Crippen MR) is 104 cm³/mol. The maximum atomic E-state index is 12.6. The van der Waals surface area contributed by atoms with E-state index in [9.17, 15) is 4.79 Å². The van der Waals surface area contributed by atoms with E-state index < -0.39 is 0 Å². The maximum Gasteiger partial charge on any atom is 0.323 e. The van der Waals surface area contributed by atoms with Gasteiger partial charge in [-0.2, -0.15) is 5.10 Å². The molecule has 3 aromatic rings. The maximum absolute atomic E-state index is 12.6. The highest BCUT2D eigenvalue weighted by atomic mass is 16.2. The number of nitrogens with one attached hydrogen (secondary N) is 1. The van der Waals surface area contributed by atoms with Gasteiger partial charge in [0.25, 0.3) is 0 Å². The molecule has 0 unspecified atom stereocenters. The lowest BCUT2D eigenvalue weighted by Crippen LogP contribution is -2.53. The first-order valence-corrected chi connectivity index (χ1v) is 9.01. The number of nitrogens with zero attached hydrogens (tertiary/aromatic N) is 6. The van der Waals surface area contributed by atoms with E-state index in [4.69, 9.17) is 4.98 Å². The molecule has 4 rings (SSSR count). The number of carbonyl (C=O) groups excluding carboxylic acids is 1. The van der Waals surface area contributed by atoms with Crippen LogP contribution in [0.1, 0.15) is 6.92 Å². The van der Waals surface area contributed by atoms with Gasteiger partial charge in [-0.3, -0.25) is 10.00 Å². The number of aromatic nitrogens is 4. The highest BCUT2D eigenvalue weighted by molar-refractivity contribution is 5.91. The van der Waals surface area contributed by atoms with E-state index in [1.165, 1.54) is 0 Å². The van der Waals surface area contributed by atoms with Gasteiger partial charge < -0.3 is 9.80 Å². The molecular weight excluding hydrogens is 342 g/mol. The van der Waals surface area contributed by atoms with Gasteiger partial charge in [-0.15, -0.1) is 0 Å². The number of amides is 2. The first kappa shape index (κ1) is 17.4. The third kappa shape index (κ3) is 3.61. The number of hydrogen-bond donors (Lipinski definition) is 1. The molecule has 1 atom stereocenters. The third-order valence-electron chi connectivity index (χ3n) is 5.06. The third-order valence-corrected chi connectivity index (χ3v) is 5.06. The van der Waals surface area contributed by atoms with Crippen LogP contribution >= 0.6 is 0 Å². The van der Waals surface area contributed by atoms with Crippen LogP contribution in [0.4, 0.5) is 10.6 Å². The summed E-state index contributed by atoms with van der Waals surface area (Å²) in [7, 11) is 3.96. The Morgan fingerprint density at radius 3 is 2.81 bits per heavy atom. The average molecular weight is 365 g/mol. The van der Waals surface area contributed by atoms with E-state index in [0.29, 0.717) is 24.9 Å². The lowest BCUT2D eigenvalue weighted by atomic mass is 10.2. The lowest BCUT2D eigenvalue weighted by molar-refractivity contribution is 0.125. The summed E-state index contributed by atoms with van der Waals surface area (Å²) in [6.07, 6.45) is 5.44. The van der Waals surface area contributed by atoms with Gasteiger partial charge in [-0.05, 0) is 26.1 Å². The minimum Gasteiger partial charge on any atom is -0.322 e. The summed E-state index contributed by atoms with van der Waals surface area (Å²) in [6.45, 7) is 4.41. The van der Waals surface area contributed by atoms with Crippen molar-refractivity contribution in [1.82, 2.24) is 29.5 Å². The van der Waals surface area contributed by atoms with Crippen molar-refractivity contribution < 1.29 is 4.79 Å². The number of fused-ring (bicyclic) bond motifs is 1. The summed E-state index contributed by atoms with van der Waals surface area (Å²) in [5.74, 6) is 0.509. The van der Waals surface area contributed by atoms with Gasteiger partial charge in [-0.1, -0.05) is 0 Å². The summed E-state index contributed by atoms with van der Waals surface area (Å²) in [5, 5.41) is 8.02. The molecule has 0 radical (unpaired) electrons. The van der Waals surface area contributed by atoms with Gasteiger partial charge in [0.15, 0.2) is 0 Å². The topological polar surface area (TPSA) is 79.2 Å².